The molecule has 18 nitrogen and oxygen atoms in total. The van der Waals surface area contributed by atoms with E-state index in [0.29, 0.717) is 125 Å². The summed E-state index contributed by atoms with van der Waals surface area (Å²) >= 11 is 0. The van der Waals surface area contributed by atoms with Gasteiger partial charge in [0.05, 0.1) is 111 Å². The van der Waals surface area contributed by atoms with E-state index in [-0.39, 0.29) is 42.3 Å². The lowest BCUT2D eigenvalue weighted by molar-refractivity contribution is -0.0953. The summed E-state index contributed by atoms with van der Waals surface area (Å²) in [5, 5.41) is 0. The van der Waals surface area contributed by atoms with Crippen molar-refractivity contribution in [2.24, 2.45) is 0 Å². The molecule has 2 aromatic rings. The predicted molar refractivity (Wildman–Crippen MR) is 256 cm³/mol. The predicted octanol–water partition coefficient (Wildman–Crippen LogP) is 6.31. The molecule has 0 N–H and O–H groups in total. The Hall–Kier alpha value is -3.38. The van der Waals surface area contributed by atoms with E-state index in [9.17, 15) is 25.9 Å². The third-order valence-corrected chi connectivity index (χ3v) is 10.6. The summed E-state index contributed by atoms with van der Waals surface area (Å²) in [6.07, 6.45) is 7.28. The Morgan fingerprint density at radius 1 is 0.456 bits per heavy atom. The van der Waals surface area contributed by atoms with Crippen molar-refractivity contribution in [3.63, 3.8) is 0 Å². The zero-order chi connectivity index (χ0) is 49.8. The molecule has 0 saturated heterocycles. The summed E-state index contributed by atoms with van der Waals surface area (Å²) in [7, 11) is -8.32. The lowest BCUT2D eigenvalue weighted by Gasteiger charge is -2.23. The van der Waals surface area contributed by atoms with Gasteiger partial charge in [-0.15, -0.1) is 0 Å². The van der Waals surface area contributed by atoms with Crippen molar-refractivity contribution in [1.29, 1.82) is 0 Å². The Morgan fingerprint density at radius 2 is 0.868 bits per heavy atom. The zero-order valence-corrected chi connectivity index (χ0v) is 41.8. The average molecular weight is 1010 g/mol. The highest BCUT2D eigenvalue weighted by Crippen LogP contribution is 2.12. The molecule has 0 amide bonds. The summed E-state index contributed by atoms with van der Waals surface area (Å²) in [4.78, 5) is 0. The van der Waals surface area contributed by atoms with E-state index in [4.69, 9.17) is 56.8 Å². The molecule has 4 atom stereocenters. The molecular weight excluding hydrogens is 929 g/mol. The third kappa shape index (κ3) is 42.7. The van der Waals surface area contributed by atoms with Crippen LogP contribution >= 0.6 is 0 Å². The number of hydrogen-bond acceptors (Lipinski definition) is 18. The van der Waals surface area contributed by atoms with Crippen LogP contribution in [0.4, 0.5) is 0 Å². The summed E-state index contributed by atoms with van der Waals surface area (Å²) in [5.74, 6) is 0.774. The van der Waals surface area contributed by atoms with E-state index >= 15 is 0 Å². The highest BCUT2D eigenvalue weighted by atomic mass is 32.2. The molecular formula is C48H78O18S2-2. The molecule has 2 rings (SSSR count). The Morgan fingerprint density at radius 3 is 1.37 bits per heavy atom. The van der Waals surface area contributed by atoms with Crippen LogP contribution in [0, 0.1) is 0 Å². The van der Waals surface area contributed by atoms with Gasteiger partial charge >= 0.3 is 0 Å². The van der Waals surface area contributed by atoms with Crippen LogP contribution in [-0.2, 0) is 67.6 Å². The van der Waals surface area contributed by atoms with Gasteiger partial charge in [0.1, 0.15) is 36.9 Å². The van der Waals surface area contributed by atoms with Gasteiger partial charge in [-0.1, -0.05) is 49.6 Å². The van der Waals surface area contributed by atoms with Crippen LogP contribution in [0.1, 0.15) is 65.2 Å². The monoisotopic (exact) mass is 1010 g/mol. The first kappa shape index (κ1) is 62.6. The highest BCUT2D eigenvalue weighted by molar-refractivity contribution is 7.85. The summed E-state index contributed by atoms with van der Waals surface area (Å²) in [6, 6.07) is 19.0. The maximum atomic E-state index is 10.6. The fourth-order valence-electron chi connectivity index (χ4n) is 5.59. The van der Waals surface area contributed by atoms with Crippen molar-refractivity contribution >= 4 is 20.2 Å². The van der Waals surface area contributed by atoms with Gasteiger partial charge in [-0.25, -0.2) is 16.8 Å². The quantitative estimate of drug-likeness (QED) is 0.0402. The molecule has 0 aliphatic heterocycles. The lowest BCUT2D eigenvalue weighted by Crippen LogP contribution is -2.33. The molecule has 0 radical (unpaired) electrons. The van der Waals surface area contributed by atoms with E-state index < -0.39 is 20.2 Å². The topological polar surface area (TPSA) is 225 Å². The second kappa shape index (κ2) is 42.5. The van der Waals surface area contributed by atoms with E-state index in [1.165, 1.54) is 12.5 Å². The molecule has 2 aromatic carbocycles. The molecule has 20 heteroatoms. The first-order valence-electron chi connectivity index (χ1n) is 23.3. The van der Waals surface area contributed by atoms with Crippen molar-refractivity contribution in [3.05, 3.63) is 86.3 Å². The minimum atomic E-state index is -4.16. The number of hydrogen-bond donors (Lipinski definition) is 0. The van der Waals surface area contributed by atoms with Crippen molar-refractivity contribution in [1.82, 2.24) is 0 Å². The van der Waals surface area contributed by atoms with Gasteiger partial charge in [-0.2, -0.15) is 0 Å². The van der Waals surface area contributed by atoms with Crippen molar-refractivity contribution in [2.75, 3.05) is 117 Å². The standard InChI is InChI=1S/2C24H40O9S/c1-3-28-13-7-8-15-30-19-22(2)32-20-24(21-33-23-11-5-4-6-12-23)31-17-16-29-14-9-10-18-34(25,26)27;1-3-28-13-7-8-15-30-19-22(2)33-24(21-32-23-11-5-4-6-12-23)20-31-17-16-29-14-9-10-18-34(25,26)27/h2*3-6,11-12,22,24H,1,7-10,13-21H2,2H3,(H,25,26,27)/p-2. The molecule has 0 spiro atoms. The molecule has 0 bridgehead atoms. The maximum Gasteiger partial charge on any atom is 0.119 e. The number of unbranched alkanes of at least 4 members (excludes halogenated alkanes) is 4. The van der Waals surface area contributed by atoms with Crippen LogP contribution in [0.15, 0.2) is 86.3 Å². The second-order valence-corrected chi connectivity index (χ2v) is 18.4. The molecule has 4 unspecified atom stereocenters. The average Bonchev–Trinajstić information content (AvgIpc) is 3.31. The molecule has 0 aromatic heterocycles. The minimum Gasteiger partial charge on any atom is -0.748 e. The molecule has 0 aliphatic rings. The Labute approximate surface area is 406 Å². The lowest BCUT2D eigenvalue weighted by atomic mass is 10.3. The van der Waals surface area contributed by atoms with E-state index in [1.54, 1.807) is 0 Å². The first-order valence-corrected chi connectivity index (χ1v) is 26.4. The smallest absolute Gasteiger partial charge is 0.119 e. The summed E-state index contributed by atoms with van der Waals surface area (Å²) in [5.41, 5.74) is 0. The van der Waals surface area contributed by atoms with Crippen LogP contribution < -0.4 is 9.47 Å². The molecule has 392 valence electrons. The van der Waals surface area contributed by atoms with Gasteiger partial charge in [0, 0.05) is 37.9 Å². The van der Waals surface area contributed by atoms with Crippen LogP contribution in [0.2, 0.25) is 0 Å². The Bertz CT molecular complexity index is 1670. The molecule has 0 fully saturated rings. The van der Waals surface area contributed by atoms with Gasteiger partial charge in [0.25, 0.3) is 0 Å². The molecule has 0 saturated carbocycles. The van der Waals surface area contributed by atoms with E-state index in [2.05, 4.69) is 13.2 Å². The van der Waals surface area contributed by atoms with Crippen molar-refractivity contribution < 1.29 is 82.8 Å². The largest absolute Gasteiger partial charge is 0.748 e. The van der Waals surface area contributed by atoms with Crippen molar-refractivity contribution in [2.45, 2.75) is 89.6 Å². The fourth-order valence-corrected chi connectivity index (χ4v) is 6.71. The van der Waals surface area contributed by atoms with Crippen LogP contribution in [0.3, 0.4) is 0 Å². The van der Waals surface area contributed by atoms with Gasteiger partial charge in [0.15, 0.2) is 0 Å². The van der Waals surface area contributed by atoms with Crippen LogP contribution in [0.25, 0.3) is 0 Å². The van der Waals surface area contributed by atoms with E-state index in [1.807, 2.05) is 74.5 Å². The van der Waals surface area contributed by atoms with Crippen molar-refractivity contribution in [3.8, 4) is 11.5 Å². The Kier molecular flexibility index (Phi) is 39.1. The first-order chi connectivity index (χ1) is 32.8. The fraction of sp³-hybridized carbons (Fsp3) is 0.667. The Balaban J connectivity index is 0.000000680. The van der Waals surface area contributed by atoms with E-state index in [0.717, 1.165) is 37.2 Å². The van der Waals surface area contributed by atoms with Gasteiger partial charge in [-0.05, 0) is 89.5 Å². The zero-order valence-electron chi connectivity index (χ0n) is 40.2. The highest BCUT2D eigenvalue weighted by Gasteiger charge is 2.16. The normalized spacial score (nSPS) is 13.4. The number of ether oxygens (including phenoxy) is 12. The van der Waals surface area contributed by atoms with Gasteiger partial charge in [0.2, 0.25) is 0 Å². The van der Waals surface area contributed by atoms with Gasteiger partial charge < -0.3 is 65.9 Å². The maximum absolute atomic E-state index is 10.6. The number of rotatable bonds is 46. The number of para-hydroxylation sites is 2. The molecule has 0 heterocycles. The summed E-state index contributed by atoms with van der Waals surface area (Å²) < 4.78 is 131. The SMILES string of the molecule is C=COCCCCOCC(C)OC(COCCOCCCCS(=O)(=O)[O-])COc1ccccc1.C=COCCCCOCC(C)OCC(COc1ccccc1)OCCOCCCCS(=O)(=O)[O-]. The summed E-state index contributed by atoms with van der Waals surface area (Å²) in [6.45, 7) is 17.9. The van der Waals surface area contributed by atoms with Crippen LogP contribution in [0.5, 0.6) is 11.5 Å². The molecule has 68 heavy (non-hydrogen) atoms. The molecule has 0 aliphatic carbocycles. The van der Waals surface area contributed by atoms with Crippen LogP contribution in [-0.4, -0.2) is 168 Å². The number of benzene rings is 2. The third-order valence-electron chi connectivity index (χ3n) is 9.02. The second-order valence-electron chi connectivity index (χ2n) is 15.3. The van der Waals surface area contributed by atoms with Gasteiger partial charge in [-0.3, -0.25) is 0 Å². The minimum absolute atomic E-state index is 0.0965.